The molecule has 0 fully saturated rings. The highest BCUT2D eigenvalue weighted by Crippen LogP contribution is 2.12. The molecule has 12 nitrogen and oxygen atoms in total. The molecule has 0 saturated carbocycles. The molecule has 0 radical (unpaired) electrons. The van der Waals surface area contributed by atoms with E-state index >= 15 is 0 Å². The Bertz CT molecular complexity index is 276. The van der Waals surface area contributed by atoms with E-state index in [9.17, 15) is 20.4 Å². The van der Waals surface area contributed by atoms with E-state index in [1.165, 1.54) is 0 Å². The number of hydrogen-bond donors (Lipinski definition) is 8. The number of aliphatic hydroxyl groups excluding tert-OH is 8. The predicted octanol–water partition coefficient (Wildman–Crippen LogP) is -4.49. The maximum Gasteiger partial charge on any atom is 0.162 e. The summed E-state index contributed by atoms with van der Waals surface area (Å²) in [5.41, 5.74) is 0. The van der Waals surface area contributed by atoms with Crippen LogP contribution in [0.3, 0.4) is 0 Å². The first-order valence-electron chi connectivity index (χ1n) is 8.48. The van der Waals surface area contributed by atoms with Crippen molar-refractivity contribution in [3.05, 3.63) is 0 Å². The smallest absolute Gasteiger partial charge is 0.162 e. The Morgan fingerprint density at radius 3 is 0.852 bits per heavy atom. The van der Waals surface area contributed by atoms with Gasteiger partial charge in [-0.3, -0.25) is 0 Å². The van der Waals surface area contributed by atoms with Gasteiger partial charge in [0.05, 0.1) is 52.9 Å². The van der Waals surface area contributed by atoms with Crippen molar-refractivity contribution in [3.63, 3.8) is 0 Å². The van der Waals surface area contributed by atoms with Gasteiger partial charge in [0, 0.05) is 6.42 Å². The highest BCUT2D eigenvalue weighted by atomic mass is 16.7. The number of aliphatic hydroxyl groups is 8. The standard InChI is InChI=1S/C15H32O12/c16-2-10(20)6-24-14(25-7-11(21)3-17)1-15(26-8-12(22)4-18)27-9-13(23)5-19/h10-23H,1-9H2. The zero-order valence-electron chi connectivity index (χ0n) is 15.0. The van der Waals surface area contributed by atoms with E-state index in [1.807, 2.05) is 0 Å². The van der Waals surface area contributed by atoms with Crippen LogP contribution >= 0.6 is 0 Å². The van der Waals surface area contributed by atoms with Gasteiger partial charge in [-0.05, 0) is 0 Å². The van der Waals surface area contributed by atoms with Crippen LogP contribution in [0.4, 0.5) is 0 Å². The summed E-state index contributed by atoms with van der Waals surface area (Å²) in [6.07, 6.45) is -7.05. The van der Waals surface area contributed by atoms with E-state index in [-0.39, 0.29) is 32.8 Å². The van der Waals surface area contributed by atoms with Crippen molar-refractivity contribution < 1.29 is 59.8 Å². The summed E-state index contributed by atoms with van der Waals surface area (Å²) in [6, 6.07) is 0. The molecular weight excluding hydrogens is 372 g/mol. The summed E-state index contributed by atoms with van der Waals surface area (Å²) < 4.78 is 21.1. The van der Waals surface area contributed by atoms with Crippen LogP contribution in [0.2, 0.25) is 0 Å². The lowest BCUT2D eigenvalue weighted by atomic mass is 10.3. The molecule has 0 heterocycles. The monoisotopic (exact) mass is 404 g/mol. The molecule has 0 aromatic carbocycles. The minimum absolute atomic E-state index is 0.146. The third kappa shape index (κ3) is 14.2. The van der Waals surface area contributed by atoms with E-state index in [4.69, 9.17) is 39.4 Å². The first-order chi connectivity index (χ1) is 12.9. The second kappa shape index (κ2) is 16.5. The zero-order valence-corrected chi connectivity index (χ0v) is 15.0. The molecule has 0 spiro atoms. The van der Waals surface area contributed by atoms with Crippen LogP contribution < -0.4 is 0 Å². The van der Waals surface area contributed by atoms with Crippen LogP contribution in [0, 0.1) is 0 Å². The Morgan fingerprint density at radius 1 is 0.444 bits per heavy atom. The first-order valence-corrected chi connectivity index (χ1v) is 8.48. The van der Waals surface area contributed by atoms with Gasteiger partial charge in [0.25, 0.3) is 0 Å². The van der Waals surface area contributed by atoms with Crippen LogP contribution in [-0.2, 0) is 18.9 Å². The highest BCUT2D eigenvalue weighted by molar-refractivity contribution is 4.60. The van der Waals surface area contributed by atoms with Gasteiger partial charge in [0.2, 0.25) is 0 Å². The average Bonchev–Trinajstić information content (AvgIpc) is 2.69. The normalized spacial score (nSPS) is 18.7. The molecule has 164 valence electrons. The minimum atomic E-state index is -1.17. The van der Waals surface area contributed by atoms with E-state index in [1.54, 1.807) is 0 Å². The van der Waals surface area contributed by atoms with Gasteiger partial charge in [-0.25, -0.2) is 0 Å². The van der Waals surface area contributed by atoms with E-state index in [0.29, 0.717) is 0 Å². The number of rotatable bonds is 18. The Labute approximate surface area is 157 Å². The summed E-state index contributed by atoms with van der Waals surface area (Å²) in [5, 5.41) is 72.8. The Balaban J connectivity index is 4.80. The summed E-state index contributed by atoms with van der Waals surface area (Å²) in [6.45, 7) is -3.41. The minimum Gasteiger partial charge on any atom is -0.394 e. The van der Waals surface area contributed by atoms with Gasteiger partial charge >= 0.3 is 0 Å². The van der Waals surface area contributed by atoms with Gasteiger partial charge in [-0.1, -0.05) is 0 Å². The van der Waals surface area contributed by atoms with Gasteiger partial charge in [-0.15, -0.1) is 0 Å². The average molecular weight is 404 g/mol. The molecule has 12 heteroatoms. The lowest BCUT2D eigenvalue weighted by molar-refractivity contribution is -0.235. The van der Waals surface area contributed by atoms with Crippen molar-refractivity contribution in [2.45, 2.75) is 43.4 Å². The van der Waals surface area contributed by atoms with E-state index in [2.05, 4.69) is 0 Å². The quantitative estimate of drug-likeness (QED) is 0.102. The van der Waals surface area contributed by atoms with Crippen LogP contribution in [0.5, 0.6) is 0 Å². The Kier molecular flexibility index (Phi) is 16.2. The molecule has 4 atom stereocenters. The SMILES string of the molecule is OCC(O)COC(CC(OCC(O)CO)OCC(O)CO)OCC(O)CO. The fourth-order valence-electron chi connectivity index (χ4n) is 1.61. The molecule has 0 rings (SSSR count). The molecule has 0 amide bonds. The molecule has 0 saturated heterocycles. The van der Waals surface area contributed by atoms with E-state index < -0.39 is 63.4 Å². The predicted molar refractivity (Wildman–Crippen MR) is 88.4 cm³/mol. The van der Waals surface area contributed by atoms with Crippen molar-refractivity contribution >= 4 is 0 Å². The van der Waals surface area contributed by atoms with Crippen molar-refractivity contribution in [1.82, 2.24) is 0 Å². The maximum atomic E-state index is 9.38. The molecule has 0 bridgehead atoms. The topological polar surface area (TPSA) is 199 Å². The second-order valence-corrected chi connectivity index (χ2v) is 5.77. The third-order valence-corrected chi connectivity index (χ3v) is 3.13. The van der Waals surface area contributed by atoms with Crippen molar-refractivity contribution in [2.24, 2.45) is 0 Å². The fourth-order valence-corrected chi connectivity index (χ4v) is 1.61. The number of ether oxygens (including phenoxy) is 4. The first kappa shape index (κ1) is 26.5. The fraction of sp³-hybridized carbons (Fsp3) is 1.00. The van der Waals surface area contributed by atoms with Gasteiger partial charge < -0.3 is 59.8 Å². The highest BCUT2D eigenvalue weighted by Gasteiger charge is 2.23. The van der Waals surface area contributed by atoms with Crippen LogP contribution in [0.1, 0.15) is 6.42 Å². The van der Waals surface area contributed by atoms with Gasteiger partial charge in [0.15, 0.2) is 12.6 Å². The van der Waals surface area contributed by atoms with Crippen molar-refractivity contribution in [3.8, 4) is 0 Å². The molecule has 27 heavy (non-hydrogen) atoms. The van der Waals surface area contributed by atoms with Gasteiger partial charge in [-0.2, -0.15) is 0 Å². The summed E-state index contributed by atoms with van der Waals surface area (Å²) in [7, 11) is 0. The molecule has 0 aliphatic rings. The lowest BCUT2D eigenvalue weighted by Gasteiger charge is -2.27. The molecule has 8 N–H and O–H groups in total. The van der Waals surface area contributed by atoms with Crippen LogP contribution in [0.25, 0.3) is 0 Å². The molecule has 4 unspecified atom stereocenters. The molecule has 0 aromatic rings. The zero-order chi connectivity index (χ0) is 20.7. The number of hydrogen-bond acceptors (Lipinski definition) is 12. The lowest BCUT2D eigenvalue weighted by Crippen LogP contribution is -2.36. The molecule has 0 aliphatic heterocycles. The summed E-state index contributed by atoms with van der Waals surface area (Å²) in [4.78, 5) is 0. The summed E-state index contributed by atoms with van der Waals surface area (Å²) >= 11 is 0. The van der Waals surface area contributed by atoms with Crippen LogP contribution in [-0.4, -0.2) is 131 Å². The second-order valence-electron chi connectivity index (χ2n) is 5.77. The molecule has 0 aliphatic carbocycles. The van der Waals surface area contributed by atoms with Crippen LogP contribution in [0.15, 0.2) is 0 Å². The third-order valence-electron chi connectivity index (χ3n) is 3.13. The Morgan fingerprint density at radius 2 is 0.667 bits per heavy atom. The molecular formula is C15H32O12. The van der Waals surface area contributed by atoms with Crippen molar-refractivity contribution in [1.29, 1.82) is 0 Å². The van der Waals surface area contributed by atoms with E-state index in [0.717, 1.165) is 0 Å². The molecule has 0 aromatic heterocycles. The Hall–Kier alpha value is -0.480. The maximum absolute atomic E-state index is 9.38. The largest absolute Gasteiger partial charge is 0.394 e. The summed E-state index contributed by atoms with van der Waals surface area (Å²) in [5.74, 6) is 0. The van der Waals surface area contributed by atoms with Gasteiger partial charge in [0.1, 0.15) is 24.4 Å². The van der Waals surface area contributed by atoms with Crippen molar-refractivity contribution in [2.75, 3.05) is 52.9 Å².